The first-order valence-electron chi connectivity index (χ1n) is 7.92. The lowest BCUT2D eigenvalue weighted by Gasteiger charge is -2.18. The quantitative estimate of drug-likeness (QED) is 0.793. The molecule has 2 aromatic rings. The number of rotatable bonds is 5. The average Bonchev–Trinajstić information content (AvgIpc) is 3.04. The molecule has 0 bridgehead atoms. The smallest absolute Gasteiger partial charge is 0.347 e. The summed E-state index contributed by atoms with van der Waals surface area (Å²) in [5.41, 5.74) is 2.03. The van der Waals surface area contributed by atoms with Gasteiger partial charge in [0.15, 0.2) is 12.7 Å². The predicted octanol–water partition coefficient (Wildman–Crippen LogP) is 2.59. The maximum atomic E-state index is 12.3. The summed E-state index contributed by atoms with van der Waals surface area (Å²) < 4.78 is 10.6. The van der Waals surface area contributed by atoms with Gasteiger partial charge in [-0.1, -0.05) is 36.4 Å². The number of ether oxygens (including phenoxy) is 2. The molecule has 0 saturated carbocycles. The summed E-state index contributed by atoms with van der Waals surface area (Å²) in [5, 5.41) is 0. The van der Waals surface area contributed by atoms with Crippen LogP contribution < -0.4 is 9.64 Å². The van der Waals surface area contributed by atoms with Crippen LogP contribution in [-0.4, -0.2) is 31.1 Å². The number of fused-ring (bicyclic) bond motifs is 1. The molecule has 0 radical (unpaired) electrons. The Morgan fingerprint density at radius 1 is 1.08 bits per heavy atom. The van der Waals surface area contributed by atoms with Crippen LogP contribution in [0.3, 0.4) is 0 Å². The third-order valence-electron chi connectivity index (χ3n) is 3.91. The Hall–Kier alpha value is -2.82. The SMILES string of the molecule is C[C@@H](Oc1ccccc1)C(=O)OCC(=O)N1CCc2ccccc21. The molecule has 0 aromatic heterocycles. The van der Waals surface area contributed by atoms with E-state index in [-0.39, 0.29) is 12.5 Å². The first kappa shape index (κ1) is 16.1. The molecule has 1 aliphatic rings. The van der Waals surface area contributed by atoms with Crippen molar-refractivity contribution in [2.75, 3.05) is 18.1 Å². The zero-order chi connectivity index (χ0) is 16.9. The van der Waals surface area contributed by atoms with E-state index in [9.17, 15) is 9.59 Å². The van der Waals surface area contributed by atoms with Gasteiger partial charge in [0.2, 0.25) is 0 Å². The molecule has 0 unspecified atom stereocenters. The largest absolute Gasteiger partial charge is 0.479 e. The van der Waals surface area contributed by atoms with E-state index in [0.29, 0.717) is 12.3 Å². The lowest BCUT2D eigenvalue weighted by Crippen LogP contribution is -2.35. The van der Waals surface area contributed by atoms with Crippen LogP contribution in [0.2, 0.25) is 0 Å². The summed E-state index contributed by atoms with van der Waals surface area (Å²) in [6.07, 6.45) is 0.0506. The molecule has 0 aliphatic carbocycles. The topological polar surface area (TPSA) is 55.8 Å². The Kier molecular flexibility index (Phi) is 4.79. The van der Waals surface area contributed by atoms with Gasteiger partial charge in [-0.3, -0.25) is 4.79 Å². The molecular formula is C19H19NO4. The van der Waals surface area contributed by atoms with Crippen molar-refractivity contribution >= 4 is 17.6 Å². The predicted molar refractivity (Wildman–Crippen MR) is 90.0 cm³/mol. The number of carbonyl (C=O) groups excluding carboxylic acids is 2. The van der Waals surface area contributed by atoms with E-state index >= 15 is 0 Å². The van der Waals surface area contributed by atoms with Crippen LogP contribution in [0.4, 0.5) is 5.69 Å². The number of benzene rings is 2. The third-order valence-corrected chi connectivity index (χ3v) is 3.91. The number of amides is 1. The van der Waals surface area contributed by atoms with Gasteiger partial charge in [0.05, 0.1) is 0 Å². The Bertz CT molecular complexity index is 729. The van der Waals surface area contributed by atoms with Gasteiger partial charge < -0.3 is 14.4 Å². The molecule has 5 nitrogen and oxygen atoms in total. The first-order chi connectivity index (χ1) is 11.6. The molecule has 24 heavy (non-hydrogen) atoms. The lowest BCUT2D eigenvalue weighted by molar-refractivity contribution is -0.154. The zero-order valence-electron chi connectivity index (χ0n) is 13.5. The van der Waals surface area contributed by atoms with Crippen LogP contribution in [0.1, 0.15) is 12.5 Å². The van der Waals surface area contributed by atoms with Gasteiger partial charge in [-0.05, 0) is 37.1 Å². The number of nitrogens with zero attached hydrogens (tertiary/aromatic N) is 1. The zero-order valence-corrected chi connectivity index (χ0v) is 13.5. The van der Waals surface area contributed by atoms with Crippen LogP contribution in [-0.2, 0) is 20.7 Å². The minimum absolute atomic E-state index is 0.222. The monoisotopic (exact) mass is 325 g/mol. The van der Waals surface area contributed by atoms with Crippen molar-refractivity contribution in [2.24, 2.45) is 0 Å². The standard InChI is InChI=1S/C19H19NO4/c1-14(24-16-8-3-2-4-9-16)19(22)23-13-18(21)20-12-11-15-7-5-6-10-17(15)20/h2-10,14H,11-13H2,1H3/t14-/m1/s1. The molecule has 5 heteroatoms. The molecule has 0 saturated heterocycles. The van der Waals surface area contributed by atoms with Crippen molar-refractivity contribution in [1.82, 2.24) is 0 Å². The van der Waals surface area contributed by atoms with Crippen molar-refractivity contribution in [1.29, 1.82) is 0 Å². The highest BCUT2D eigenvalue weighted by atomic mass is 16.6. The Balaban J connectivity index is 1.52. The van der Waals surface area contributed by atoms with E-state index in [2.05, 4.69) is 0 Å². The molecule has 124 valence electrons. The number of hydrogen-bond acceptors (Lipinski definition) is 4. The fourth-order valence-corrected chi connectivity index (χ4v) is 2.68. The van der Waals surface area contributed by atoms with Crippen molar-refractivity contribution in [3.05, 3.63) is 60.2 Å². The van der Waals surface area contributed by atoms with Gasteiger partial charge in [-0.2, -0.15) is 0 Å². The summed E-state index contributed by atoms with van der Waals surface area (Å²) in [6.45, 7) is 1.94. The number of esters is 1. The first-order valence-corrected chi connectivity index (χ1v) is 7.92. The fraction of sp³-hybridized carbons (Fsp3) is 0.263. The highest BCUT2D eigenvalue weighted by Gasteiger charge is 2.26. The maximum absolute atomic E-state index is 12.3. The van der Waals surface area contributed by atoms with Gasteiger partial charge in [0, 0.05) is 12.2 Å². The molecular weight excluding hydrogens is 306 g/mol. The molecule has 1 amide bonds. The highest BCUT2D eigenvalue weighted by Crippen LogP contribution is 2.27. The van der Waals surface area contributed by atoms with Crippen molar-refractivity contribution in [3.63, 3.8) is 0 Å². The second-order valence-electron chi connectivity index (χ2n) is 5.60. The minimum atomic E-state index is -0.772. The summed E-state index contributed by atoms with van der Waals surface area (Å²) in [7, 11) is 0. The number of anilines is 1. The van der Waals surface area contributed by atoms with Crippen molar-refractivity contribution in [3.8, 4) is 5.75 Å². The molecule has 1 aliphatic heterocycles. The van der Waals surface area contributed by atoms with E-state index in [1.165, 1.54) is 0 Å². The summed E-state index contributed by atoms with van der Waals surface area (Å²) in [4.78, 5) is 26.0. The van der Waals surface area contributed by atoms with Crippen LogP contribution >= 0.6 is 0 Å². The lowest BCUT2D eigenvalue weighted by atomic mass is 10.2. The van der Waals surface area contributed by atoms with Gasteiger partial charge in [-0.15, -0.1) is 0 Å². The second kappa shape index (κ2) is 7.17. The molecule has 2 aromatic carbocycles. The van der Waals surface area contributed by atoms with E-state index < -0.39 is 12.1 Å². The molecule has 1 atom stereocenters. The van der Waals surface area contributed by atoms with E-state index in [1.807, 2.05) is 42.5 Å². The van der Waals surface area contributed by atoms with E-state index in [4.69, 9.17) is 9.47 Å². The maximum Gasteiger partial charge on any atom is 0.347 e. The highest BCUT2D eigenvalue weighted by molar-refractivity contribution is 5.97. The van der Waals surface area contributed by atoms with Crippen molar-refractivity contribution < 1.29 is 19.1 Å². The van der Waals surface area contributed by atoms with Crippen molar-refractivity contribution in [2.45, 2.75) is 19.4 Å². The Morgan fingerprint density at radius 2 is 1.79 bits per heavy atom. The number of para-hydroxylation sites is 2. The van der Waals surface area contributed by atoms with E-state index in [0.717, 1.165) is 17.7 Å². The Morgan fingerprint density at radius 3 is 2.58 bits per heavy atom. The van der Waals surface area contributed by atoms with Gasteiger partial charge >= 0.3 is 5.97 Å². The molecule has 0 fully saturated rings. The summed E-state index contributed by atoms with van der Waals surface area (Å²) in [6, 6.07) is 16.8. The molecule has 0 N–H and O–H groups in total. The summed E-state index contributed by atoms with van der Waals surface area (Å²) in [5.74, 6) is -0.193. The number of carbonyl (C=O) groups is 2. The van der Waals surface area contributed by atoms with Gasteiger partial charge in [0.25, 0.3) is 5.91 Å². The van der Waals surface area contributed by atoms with Crippen LogP contribution in [0.25, 0.3) is 0 Å². The third kappa shape index (κ3) is 3.56. The molecule has 0 spiro atoms. The van der Waals surface area contributed by atoms with Gasteiger partial charge in [0.1, 0.15) is 5.75 Å². The fourth-order valence-electron chi connectivity index (χ4n) is 2.68. The second-order valence-corrected chi connectivity index (χ2v) is 5.60. The van der Waals surface area contributed by atoms with Crippen LogP contribution in [0.5, 0.6) is 5.75 Å². The van der Waals surface area contributed by atoms with Gasteiger partial charge in [-0.25, -0.2) is 4.79 Å². The van der Waals surface area contributed by atoms with Crippen LogP contribution in [0, 0.1) is 0 Å². The summed E-state index contributed by atoms with van der Waals surface area (Å²) >= 11 is 0. The molecule has 1 heterocycles. The normalized spacial score (nSPS) is 14.0. The number of hydrogen-bond donors (Lipinski definition) is 0. The molecule has 3 rings (SSSR count). The van der Waals surface area contributed by atoms with E-state index in [1.54, 1.807) is 24.0 Å². The average molecular weight is 325 g/mol. The minimum Gasteiger partial charge on any atom is -0.479 e. The van der Waals surface area contributed by atoms with Crippen LogP contribution in [0.15, 0.2) is 54.6 Å². The Labute approximate surface area is 140 Å².